The number of halogens is 1. The Bertz CT molecular complexity index is 380. The van der Waals surface area contributed by atoms with Crippen molar-refractivity contribution in [2.75, 3.05) is 13.2 Å². The first kappa shape index (κ1) is 14.0. The fraction of sp³-hybridized carbons (Fsp3) is 0.462. The SMILES string of the molecule is Cc1ccc(CCC(=O)NCCCO)cc1Cl. The average molecular weight is 256 g/mol. The predicted molar refractivity (Wildman–Crippen MR) is 69.2 cm³/mol. The van der Waals surface area contributed by atoms with Gasteiger partial charge in [-0.3, -0.25) is 4.79 Å². The molecule has 1 rings (SSSR count). The Hall–Kier alpha value is -1.06. The number of carbonyl (C=O) groups is 1. The van der Waals surface area contributed by atoms with Crippen LogP contribution in [0.3, 0.4) is 0 Å². The highest BCUT2D eigenvalue weighted by molar-refractivity contribution is 6.31. The van der Waals surface area contributed by atoms with Crippen LogP contribution in [0.2, 0.25) is 5.02 Å². The highest BCUT2D eigenvalue weighted by atomic mass is 35.5. The lowest BCUT2D eigenvalue weighted by Gasteiger charge is -2.05. The summed E-state index contributed by atoms with van der Waals surface area (Å²) >= 11 is 6.00. The molecule has 0 saturated heterocycles. The van der Waals surface area contributed by atoms with Crippen molar-refractivity contribution < 1.29 is 9.90 Å². The van der Waals surface area contributed by atoms with Gasteiger partial charge in [0.25, 0.3) is 0 Å². The van der Waals surface area contributed by atoms with Crippen molar-refractivity contribution >= 4 is 17.5 Å². The fourth-order valence-electron chi connectivity index (χ4n) is 1.44. The summed E-state index contributed by atoms with van der Waals surface area (Å²) in [7, 11) is 0. The highest BCUT2D eigenvalue weighted by Gasteiger charge is 2.03. The average Bonchev–Trinajstić information content (AvgIpc) is 2.31. The Morgan fingerprint density at radius 3 is 2.88 bits per heavy atom. The number of aryl methyl sites for hydroxylation is 2. The van der Waals surface area contributed by atoms with Crippen LogP contribution >= 0.6 is 11.6 Å². The lowest BCUT2D eigenvalue weighted by molar-refractivity contribution is -0.121. The highest BCUT2D eigenvalue weighted by Crippen LogP contribution is 2.17. The maximum Gasteiger partial charge on any atom is 0.220 e. The van der Waals surface area contributed by atoms with E-state index in [4.69, 9.17) is 16.7 Å². The van der Waals surface area contributed by atoms with Gasteiger partial charge in [-0.2, -0.15) is 0 Å². The number of benzene rings is 1. The third kappa shape index (κ3) is 5.20. The van der Waals surface area contributed by atoms with Crippen molar-refractivity contribution in [1.29, 1.82) is 0 Å². The molecule has 1 amide bonds. The summed E-state index contributed by atoms with van der Waals surface area (Å²) in [6, 6.07) is 5.85. The second-order valence-electron chi connectivity index (χ2n) is 4.01. The number of aliphatic hydroxyl groups excluding tert-OH is 1. The van der Waals surface area contributed by atoms with Crippen LogP contribution in [0.15, 0.2) is 18.2 Å². The largest absolute Gasteiger partial charge is 0.396 e. The topological polar surface area (TPSA) is 49.3 Å². The lowest BCUT2D eigenvalue weighted by atomic mass is 10.1. The Morgan fingerprint density at radius 2 is 2.24 bits per heavy atom. The van der Waals surface area contributed by atoms with E-state index in [1.807, 2.05) is 25.1 Å². The van der Waals surface area contributed by atoms with Gasteiger partial charge >= 0.3 is 0 Å². The van der Waals surface area contributed by atoms with Crippen molar-refractivity contribution in [1.82, 2.24) is 5.32 Å². The van der Waals surface area contributed by atoms with Gasteiger partial charge in [0.2, 0.25) is 5.91 Å². The minimum atomic E-state index is 0.00940. The molecule has 3 nitrogen and oxygen atoms in total. The summed E-state index contributed by atoms with van der Waals surface area (Å²) < 4.78 is 0. The van der Waals surface area contributed by atoms with Crippen molar-refractivity contribution in [3.8, 4) is 0 Å². The molecule has 1 aromatic rings. The molecule has 0 aliphatic carbocycles. The van der Waals surface area contributed by atoms with Crippen molar-refractivity contribution in [3.05, 3.63) is 34.3 Å². The van der Waals surface area contributed by atoms with Crippen LogP contribution in [-0.4, -0.2) is 24.2 Å². The summed E-state index contributed by atoms with van der Waals surface area (Å²) in [5.41, 5.74) is 2.11. The van der Waals surface area contributed by atoms with E-state index in [1.54, 1.807) is 0 Å². The summed E-state index contributed by atoms with van der Waals surface area (Å²) in [5, 5.41) is 12.1. The molecule has 0 unspecified atom stereocenters. The van der Waals surface area contributed by atoms with E-state index < -0.39 is 0 Å². The molecular formula is C13H18ClNO2. The number of hydrogen-bond acceptors (Lipinski definition) is 2. The third-order valence-corrected chi connectivity index (χ3v) is 2.94. The van der Waals surface area contributed by atoms with Gasteiger partial charge in [-0.05, 0) is 37.0 Å². The van der Waals surface area contributed by atoms with E-state index in [9.17, 15) is 4.79 Å². The second-order valence-corrected chi connectivity index (χ2v) is 4.42. The Kier molecular flexibility index (Phi) is 6.01. The number of nitrogens with one attached hydrogen (secondary N) is 1. The van der Waals surface area contributed by atoms with Crippen LogP contribution in [0, 0.1) is 6.92 Å². The number of hydrogen-bond donors (Lipinski definition) is 2. The standard InChI is InChI=1S/C13H18ClNO2/c1-10-3-4-11(9-12(10)14)5-6-13(17)15-7-2-8-16/h3-4,9,16H,2,5-8H2,1H3,(H,15,17). The number of rotatable bonds is 6. The molecule has 0 spiro atoms. The van der Waals surface area contributed by atoms with Gasteiger partial charge in [0.1, 0.15) is 0 Å². The molecule has 0 fully saturated rings. The van der Waals surface area contributed by atoms with Gasteiger partial charge < -0.3 is 10.4 Å². The number of amides is 1. The molecule has 94 valence electrons. The zero-order valence-electron chi connectivity index (χ0n) is 10.0. The molecule has 0 heterocycles. The third-order valence-electron chi connectivity index (χ3n) is 2.53. The zero-order chi connectivity index (χ0) is 12.7. The number of carbonyl (C=O) groups excluding carboxylic acids is 1. The normalized spacial score (nSPS) is 10.3. The molecule has 0 saturated carbocycles. The molecule has 0 aliphatic rings. The van der Waals surface area contributed by atoms with Gasteiger partial charge in [0.05, 0.1) is 0 Å². The first-order valence-corrected chi connectivity index (χ1v) is 6.14. The summed E-state index contributed by atoms with van der Waals surface area (Å²) in [4.78, 5) is 11.4. The van der Waals surface area contributed by atoms with Crippen molar-refractivity contribution in [2.24, 2.45) is 0 Å². The molecule has 1 aromatic carbocycles. The smallest absolute Gasteiger partial charge is 0.220 e. The minimum absolute atomic E-state index is 0.00940. The Labute approximate surface area is 107 Å². The van der Waals surface area contributed by atoms with Crippen LogP contribution in [0.4, 0.5) is 0 Å². The van der Waals surface area contributed by atoms with E-state index in [0.29, 0.717) is 25.8 Å². The van der Waals surface area contributed by atoms with Crippen LogP contribution < -0.4 is 5.32 Å². The van der Waals surface area contributed by atoms with Crippen LogP contribution in [0.5, 0.6) is 0 Å². The molecule has 17 heavy (non-hydrogen) atoms. The monoisotopic (exact) mass is 255 g/mol. The van der Waals surface area contributed by atoms with E-state index in [-0.39, 0.29) is 12.5 Å². The van der Waals surface area contributed by atoms with Gasteiger partial charge in [-0.15, -0.1) is 0 Å². The first-order chi connectivity index (χ1) is 8.13. The van der Waals surface area contributed by atoms with Gasteiger partial charge in [0, 0.05) is 24.6 Å². The maximum atomic E-state index is 11.4. The van der Waals surface area contributed by atoms with E-state index in [1.165, 1.54) is 0 Å². The molecule has 0 aliphatic heterocycles. The van der Waals surface area contributed by atoms with E-state index >= 15 is 0 Å². The molecule has 0 radical (unpaired) electrons. The molecule has 0 aromatic heterocycles. The van der Waals surface area contributed by atoms with E-state index in [0.717, 1.165) is 16.1 Å². The quantitative estimate of drug-likeness (QED) is 0.765. The molecule has 2 N–H and O–H groups in total. The molecule has 0 atom stereocenters. The van der Waals surface area contributed by atoms with Gasteiger partial charge in [-0.25, -0.2) is 0 Å². The minimum Gasteiger partial charge on any atom is -0.396 e. The summed E-state index contributed by atoms with van der Waals surface area (Å²) in [6.07, 6.45) is 1.73. The molecular weight excluding hydrogens is 238 g/mol. The van der Waals surface area contributed by atoms with Crippen LogP contribution in [0.1, 0.15) is 24.0 Å². The Morgan fingerprint density at radius 1 is 1.47 bits per heavy atom. The Balaban J connectivity index is 2.34. The zero-order valence-corrected chi connectivity index (χ0v) is 10.8. The van der Waals surface area contributed by atoms with Crippen molar-refractivity contribution in [3.63, 3.8) is 0 Å². The molecule has 0 bridgehead atoms. The summed E-state index contributed by atoms with van der Waals surface area (Å²) in [6.45, 7) is 2.59. The maximum absolute atomic E-state index is 11.4. The predicted octanol–water partition coefficient (Wildman–Crippen LogP) is 2.08. The fourth-order valence-corrected chi connectivity index (χ4v) is 1.65. The lowest BCUT2D eigenvalue weighted by Crippen LogP contribution is -2.25. The van der Waals surface area contributed by atoms with Crippen molar-refractivity contribution in [2.45, 2.75) is 26.2 Å². The molecule has 4 heteroatoms. The van der Waals surface area contributed by atoms with Gasteiger partial charge in [-0.1, -0.05) is 23.7 Å². The van der Waals surface area contributed by atoms with Crippen LogP contribution in [-0.2, 0) is 11.2 Å². The van der Waals surface area contributed by atoms with Crippen LogP contribution in [0.25, 0.3) is 0 Å². The number of aliphatic hydroxyl groups is 1. The van der Waals surface area contributed by atoms with Gasteiger partial charge in [0.15, 0.2) is 0 Å². The first-order valence-electron chi connectivity index (χ1n) is 5.76. The summed E-state index contributed by atoms with van der Waals surface area (Å²) in [5.74, 6) is 0.00940. The second kappa shape index (κ2) is 7.30. The van der Waals surface area contributed by atoms with E-state index in [2.05, 4.69) is 5.32 Å².